The number of rotatable bonds is 8. The number of aliphatic hydroxyl groups is 9. The average Bonchev–Trinajstić information content (AvgIpc) is 3.55. The molecule has 5 aliphatic carbocycles. The highest BCUT2D eigenvalue weighted by molar-refractivity contribution is 5.33. The van der Waals surface area contributed by atoms with E-state index in [2.05, 4.69) is 34.6 Å². The van der Waals surface area contributed by atoms with Gasteiger partial charge in [0, 0.05) is 5.92 Å². The molecule has 350 valence electrons. The van der Waals surface area contributed by atoms with Gasteiger partial charge in [-0.15, -0.1) is 0 Å². The summed E-state index contributed by atoms with van der Waals surface area (Å²) in [6.45, 7) is 14.5. The number of aliphatic hydroxyl groups excluding tert-OH is 8. The summed E-state index contributed by atoms with van der Waals surface area (Å²) in [6, 6.07) is 0. The zero-order valence-corrected chi connectivity index (χ0v) is 37.0. The van der Waals surface area contributed by atoms with Crippen LogP contribution in [-0.4, -0.2) is 169 Å². The minimum absolute atomic E-state index is 0.0551. The Kier molecular flexibility index (Phi) is 11.3. The molecule has 4 heterocycles. The molecule has 1 unspecified atom stereocenters. The van der Waals surface area contributed by atoms with Crippen molar-refractivity contribution in [3.8, 4) is 0 Å². The van der Waals surface area contributed by atoms with Crippen molar-refractivity contribution in [1.82, 2.24) is 0 Å². The number of hydrogen-bond donors (Lipinski definition) is 9. The number of fused-ring (bicyclic) bond motifs is 2. The molecule has 4 saturated heterocycles. The highest BCUT2D eigenvalue weighted by Crippen LogP contribution is 2.89. The molecule has 0 bridgehead atoms. The predicted molar refractivity (Wildman–Crippen MR) is 213 cm³/mol. The van der Waals surface area contributed by atoms with Crippen LogP contribution < -0.4 is 0 Å². The lowest BCUT2D eigenvalue weighted by atomic mass is 9.41. The molecule has 9 aliphatic rings. The summed E-state index contributed by atoms with van der Waals surface area (Å²) in [5.74, 6) is -0.151. The third kappa shape index (κ3) is 6.73. The van der Waals surface area contributed by atoms with Gasteiger partial charge in [0.05, 0.1) is 61.5 Å². The van der Waals surface area contributed by atoms with E-state index in [4.69, 9.17) is 33.2 Å². The molecule has 0 amide bonds. The lowest BCUT2D eigenvalue weighted by Crippen LogP contribution is -2.64. The maximum absolute atomic E-state index is 12.3. The topological polar surface area (TPSA) is 247 Å². The summed E-state index contributed by atoms with van der Waals surface area (Å²) in [7, 11) is 0. The fourth-order valence-electron chi connectivity index (χ4n) is 15.8. The lowest BCUT2D eigenvalue weighted by Gasteiger charge is -2.65. The molecular weight excluding hydrogens is 796 g/mol. The Bertz CT molecular complexity index is 1630. The number of hydrogen-bond acceptors (Lipinski definition) is 16. The Hall–Kier alpha value is -0.640. The van der Waals surface area contributed by atoms with Crippen LogP contribution in [-0.2, 0) is 33.2 Å². The van der Waals surface area contributed by atoms with Crippen LogP contribution in [0.3, 0.4) is 0 Å². The van der Waals surface area contributed by atoms with Gasteiger partial charge in [-0.2, -0.15) is 0 Å². The van der Waals surface area contributed by atoms with Crippen LogP contribution in [0.15, 0.2) is 0 Å². The van der Waals surface area contributed by atoms with Crippen LogP contribution in [0, 0.1) is 44.8 Å². The minimum atomic E-state index is -1.56. The van der Waals surface area contributed by atoms with Gasteiger partial charge in [0.25, 0.3) is 0 Å². The summed E-state index contributed by atoms with van der Waals surface area (Å²) in [5, 5.41) is 97.9. The highest BCUT2D eigenvalue weighted by Gasteiger charge is 2.85. The van der Waals surface area contributed by atoms with Gasteiger partial charge in [0.15, 0.2) is 18.9 Å². The first-order valence-corrected chi connectivity index (χ1v) is 23.1. The van der Waals surface area contributed by atoms with E-state index in [0.29, 0.717) is 25.7 Å². The van der Waals surface area contributed by atoms with Crippen molar-refractivity contribution in [3.63, 3.8) is 0 Å². The summed E-state index contributed by atoms with van der Waals surface area (Å²) in [4.78, 5) is 0. The number of ether oxygens (including phenoxy) is 7. The van der Waals surface area contributed by atoms with Crippen molar-refractivity contribution in [2.75, 3.05) is 19.8 Å². The van der Waals surface area contributed by atoms with E-state index in [1.54, 1.807) is 13.8 Å². The summed E-state index contributed by atoms with van der Waals surface area (Å²) in [5.41, 5.74) is -3.09. The first kappa shape index (κ1) is 45.5. The lowest BCUT2D eigenvalue weighted by molar-refractivity contribution is -0.349. The molecule has 61 heavy (non-hydrogen) atoms. The molecule has 5 saturated carbocycles. The normalized spacial score (nSPS) is 58.0. The Morgan fingerprint density at radius 3 is 1.85 bits per heavy atom. The Labute approximate surface area is 359 Å². The molecule has 16 nitrogen and oxygen atoms in total. The predicted octanol–water partition coefficient (Wildman–Crippen LogP) is 0.856. The quantitative estimate of drug-likeness (QED) is 0.154. The molecule has 0 radical (unpaired) electrons. The van der Waals surface area contributed by atoms with E-state index in [-0.39, 0.29) is 71.8 Å². The molecule has 9 N–H and O–H groups in total. The van der Waals surface area contributed by atoms with Gasteiger partial charge in [0.2, 0.25) is 0 Å². The zero-order valence-electron chi connectivity index (χ0n) is 37.0. The second-order valence-electron chi connectivity index (χ2n) is 22.8. The molecule has 0 aromatic heterocycles. The maximum Gasteiger partial charge on any atom is 0.186 e. The molecule has 0 aromatic carbocycles. The standard InChI is InChI=1S/C45H74O16/c1-39(2)27(59-38-33(21(46)10-15-55-38)60-37-32(53)30(51)24(49)19-57-37)9-12-45-20-44(45)14-13-41(5)34(43(7)11-8-28(61-43)40(3,4)54)22(47)17-42(41,6)26(44)16-25(35(39)45)58-36-31(52)29(50)23(48)18-56-36/h21-38,46-54H,8-20H2,1-7H3/t21-,22+,23-,24+,25+,26+,27+,28-,29+,30+,31-,32-,33+,34+,35+,36+,37+,38+,41-,42+,43+,44?,45-/m1/s1. The van der Waals surface area contributed by atoms with E-state index in [9.17, 15) is 46.0 Å². The average molecular weight is 871 g/mol. The first-order chi connectivity index (χ1) is 28.4. The molecule has 9 rings (SSSR count). The van der Waals surface area contributed by atoms with E-state index in [0.717, 1.165) is 32.1 Å². The van der Waals surface area contributed by atoms with Crippen molar-refractivity contribution in [1.29, 1.82) is 0 Å². The minimum Gasteiger partial charge on any atom is -0.393 e. The second-order valence-corrected chi connectivity index (χ2v) is 22.8. The van der Waals surface area contributed by atoms with Crippen molar-refractivity contribution in [2.45, 2.75) is 216 Å². The summed E-state index contributed by atoms with van der Waals surface area (Å²) in [6.07, 6.45) is -8.81. The smallest absolute Gasteiger partial charge is 0.186 e. The molecular formula is C45H74O16. The van der Waals surface area contributed by atoms with Gasteiger partial charge < -0.3 is 79.1 Å². The molecule has 9 fully saturated rings. The van der Waals surface area contributed by atoms with Crippen LogP contribution >= 0.6 is 0 Å². The first-order valence-electron chi connectivity index (χ1n) is 23.1. The SMILES string of the molecule is CC(C)(O)[C@H]1CC[C@@](C)([C@H]2[C@@H](O)C[C@@]3(C)[C@@H]4C[C@H](O[C@@H]5OC[C@@H](O)[C@H](O)[C@H]5O)[C@H]5C(C)(C)[C@@H](O[C@@H]6OCC[C@@H](O)[C@@H]6O[C@@H]6OC[C@H](O)[C@H](O)[C@H]6O)CC[C@@]56CC46CC[C@]23C)O1. The second kappa shape index (κ2) is 15.2. The fourth-order valence-corrected chi connectivity index (χ4v) is 15.8. The van der Waals surface area contributed by atoms with Crippen LogP contribution in [0.1, 0.15) is 113 Å². The van der Waals surface area contributed by atoms with Crippen LogP contribution in [0.2, 0.25) is 0 Å². The van der Waals surface area contributed by atoms with Gasteiger partial charge in [-0.1, -0.05) is 27.7 Å². The molecule has 4 aliphatic heterocycles. The Balaban J connectivity index is 1.03. The Morgan fingerprint density at radius 2 is 1.23 bits per heavy atom. The van der Waals surface area contributed by atoms with Crippen molar-refractivity contribution in [2.24, 2.45) is 44.8 Å². The molecule has 23 atom stereocenters. The third-order valence-corrected chi connectivity index (χ3v) is 18.9. The van der Waals surface area contributed by atoms with E-state index < -0.39 is 103 Å². The van der Waals surface area contributed by atoms with Gasteiger partial charge >= 0.3 is 0 Å². The van der Waals surface area contributed by atoms with Crippen LogP contribution in [0.4, 0.5) is 0 Å². The van der Waals surface area contributed by atoms with Crippen molar-refractivity contribution < 1.29 is 79.1 Å². The van der Waals surface area contributed by atoms with E-state index in [1.165, 1.54) is 0 Å². The van der Waals surface area contributed by atoms with Gasteiger partial charge in [-0.05, 0) is 124 Å². The highest BCUT2D eigenvalue weighted by atomic mass is 16.7. The third-order valence-electron chi connectivity index (χ3n) is 18.9. The summed E-state index contributed by atoms with van der Waals surface area (Å²) < 4.78 is 44.4. The van der Waals surface area contributed by atoms with Crippen molar-refractivity contribution >= 4 is 0 Å². The van der Waals surface area contributed by atoms with Crippen molar-refractivity contribution in [3.05, 3.63) is 0 Å². The molecule has 16 heteroatoms. The zero-order chi connectivity index (χ0) is 44.0. The maximum atomic E-state index is 12.3. The van der Waals surface area contributed by atoms with E-state index >= 15 is 0 Å². The fraction of sp³-hybridized carbons (Fsp3) is 1.00. The van der Waals surface area contributed by atoms with E-state index in [1.807, 2.05) is 0 Å². The van der Waals surface area contributed by atoms with Crippen LogP contribution in [0.25, 0.3) is 0 Å². The van der Waals surface area contributed by atoms with Gasteiger partial charge in [0.1, 0.15) is 42.7 Å². The summed E-state index contributed by atoms with van der Waals surface area (Å²) >= 11 is 0. The van der Waals surface area contributed by atoms with Crippen LogP contribution in [0.5, 0.6) is 0 Å². The van der Waals surface area contributed by atoms with Gasteiger partial charge in [-0.25, -0.2) is 0 Å². The monoisotopic (exact) mass is 870 g/mol. The molecule has 0 aromatic rings. The largest absolute Gasteiger partial charge is 0.393 e. The molecule has 2 spiro atoms. The van der Waals surface area contributed by atoms with Gasteiger partial charge in [-0.3, -0.25) is 0 Å². The Morgan fingerprint density at radius 1 is 0.590 bits per heavy atom.